The van der Waals surface area contributed by atoms with Crippen molar-refractivity contribution in [2.24, 2.45) is 5.92 Å². The van der Waals surface area contributed by atoms with E-state index in [1.165, 1.54) is 24.8 Å². The predicted octanol–water partition coefficient (Wildman–Crippen LogP) is 3.09. The van der Waals surface area contributed by atoms with Crippen LogP contribution in [0.15, 0.2) is 24.3 Å². The van der Waals surface area contributed by atoms with Gasteiger partial charge in [-0.2, -0.15) is 4.31 Å². The van der Waals surface area contributed by atoms with Gasteiger partial charge in [-0.15, -0.1) is 0 Å². The molecule has 110 valence electrons. The Bertz CT molecular complexity index is 561. The first-order valence-electron chi connectivity index (χ1n) is 7.61. The number of hydrogen-bond donors (Lipinski definition) is 0. The van der Waals surface area contributed by atoms with Crippen LogP contribution in [0, 0.1) is 12.8 Å². The minimum Gasteiger partial charge on any atom is -0.212 e. The second kappa shape index (κ2) is 5.49. The van der Waals surface area contributed by atoms with Crippen LogP contribution >= 0.6 is 0 Å². The lowest BCUT2D eigenvalue weighted by atomic mass is 9.79. The van der Waals surface area contributed by atoms with Gasteiger partial charge in [-0.1, -0.05) is 36.2 Å². The van der Waals surface area contributed by atoms with Crippen LogP contribution in [0.5, 0.6) is 0 Å². The Balaban J connectivity index is 1.75. The minimum absolute atomic E-state index is 0.149. The quantitative estimate of drug-likeness (QED) is 0.855. The van der Waals surface area contributed by atoms with Crippen molar-refractivity contribution in [3.05, 3.63) is 35.4 Å². The van der Waals surface area contributed by atoms with E-state index in [2.05, 4.69) is 0 Å². The van der Waals surface area contributed by atoms with Gasteiger partial charge in [0.05, 0.1) is 5.75 Å². The summed E-state index contributed by atoms with van der Waals surface area (Å²) in [5.74, 6) is 0.765. The summed E-state index contributed by atoms with van der Waals surface area (Å²) < 4.78 is 27.1. The van der Waals surface area contributed by atoms with Crippen LogP contribution in [0.1, 0.15) is 43.2 Å². The molecule has 2 fully saturated rings. The van der Waals surface area contributed by atoms with E-state index in [1.807, 2.05) is 31.2 Å². The molecule has 1 aromatic carbocycles. The molecule has 0 radical (unpaired) electrons. The van der Waals surface area contributed by atoms with E-state index in [0.29, 0.717) is 5.92 Å². The average Bonchev–Trinajstić information content (AvgIpc) is 2.79. The highest BCUT2D eigenvalue weighted by Gasteiger charge is 2.40. The first kappa shape index (κ1) is 14.1. The molecular formula is C16H23NO2S. The standard InChI is InChI=1S/C16H23NO2S/c1-13-7-9-14(10-8-13)12-20(18,19)17-11-3-6-16(17)15-4-2-5-15/h7-10,15-16H,2-6,11-12H2,1H3. The molecule has 3 nitrogen and oxygen atoms in total. The van der Waals surface area contributed by atoms with Gasteiger partial charge in [-0.25, -0.2) is 8.42 Å². The van der Waals surface area contributed by atoms with Gasteiger partial charge in [-0.3, -0.25) is 0 Å². The zero-order valence-corrected chi connectivity index (χ0v) is 12.9. The molecule has 1 aliphatic carbocycles. The molecule has 1 unspecified atom stereocenters. The maximum absolute atomic E-state index is 12.7. The number of rotatable bonds is 4. The Labute approximate surface area is 122 Å². The van der Waals surface area contributed by atoms with Gasteiger partial charge in [0.1, 0.15) is 0 Å². The van der Waals surface area contributed by atoms with Crippen LogP contribution < -0.4 is 0 Å². The summed E-state index contributed by atoms with van der Waals surface area (Å²) in [5.41, 5.74) is 2.06. The molecule has 2 aliphatic rings. The van der Waals surface area contributed by atoms with Gasteiger partial charge < -0.3 is 0 Å². The number of nitrogens with zero attached hydrogens (tertiary/aromatic N) is 1. The lowest BCUT2D eigenvalue weighted by Gasteiger charge is -2.36. The van der Waals surface area contributed by atoms with E-state index in [4.69, 9.17) is 0 Å². The predicted molar refractivity (Wildman–Crippen MR) is 80.9 cm³/mol. The summed E-state index contributed by atoms with van der Waals surface area (Å²) in [6, 6.07) is 8.11. The summed E-state index contributed by atoms with van der Waals surface area (Å²) in [5, 5.41) is 0. The molecule has 0 bridgehead atoms. The molecule has 1 aromatic rings. The third kappa shape index (κ3) is 2.77. The molecule has 3 rings (SSSR count). The van der Waals surface area contributed by atoms with Crippen molar-refractivity contribution in [2.75, 3.05) is 6.54 Å². The van der Waals surface area contributed by atoms with Crippen molar-refractivity contribution in [1.82, 2.24) is 4.31 Å². The molecule has 0 aromatic heterocycles. The van der Waals surface area contributed by atoms with Crippen LogP contribution in [0.3, 0.4) is 0 Å². The zero-order chi connectivity index (χ0) is 14.2. The van der Waals surface area contributed by atoms with Crippen molar-refractivity contribution in [3.8, 4) is 0 Å². The van der Waals surface area contributed by atoms with Crippen molar-refractivity contribution >= 4 is 10.0 Å². The van der Waals surface area contributed by atoms with Crippen molar-refractivity contribution in [1.29, 1.82) is 0 Å². The third-order valence-electron chi connectivity index (χ3n) is 4.77. The van der Waals surface area contributed by atoms with E-state index < -0.39 is 10.0 Å². The number of sulfonamides is 1. The molecule has 1 aliphatic heterocycles. The Hall–Kier alpha value is -0.870. The summed E-state index contributed by atoms with van der Waals surface area (Å²) in [4.78, 5) is 0. The summed E-state index contributed by atoms with van der Waals surface area (Å²) >= 11 is 0. The highest BCUT2D eigenvalue weighted by molar-refractivity contribution is 7.88. The normalized spacial score (nSPS) is 24.8. The zero-order valence-electron chi connectivity index (χ0n) is 12.1. The number of benzene rings is 1. The summed E-state index contributed by atoms with van der Waals surface area (Å²) in [6.45, 7) is 2.74. The van der Waals surface area contributed by atoms with E-state index >= 15 is 0 Å². The molecule has 0 amide bonds. The van der Waals surface area contributed by atoms with Gasteiger partial charge in [0.25, 0.3) is 0 Å². The van der Waals surface area contributed by atoms with E-state index in [-0.39, 0.29) is 11.8 Å². The first-order chi connectivity index (χ1) is 9.56. The van der Waals surface area contributed by atoms with Crippen LogP contribution in [-0.4, -0.2) is 25.3 Å². The topological polar surface area (TPSA) is 37.4 Å². The molecule has 1 heterocycles. The fraction of sp³-hybridized carbons (Fsp3) is 0.625. The van der Waals surface area contributed by atoms with Gasteiger partial charge >= 0.3 is 0 Å². The number of aryl methyl sites for hydroxylation is 1. The highest BCUT2D eigenvalue weighted by Crippen LogP contribution is 2.38. The van der Waals surface area contributed by atoms with E-state index in [0.717, 1.165) is 24.9 Å². The van der Waals surface area contributed by atoms with Gasteiger partial charge in [0, 0.05) is 12.6 Å². The maximum atomic E-state index is 12.7. The Morgan fingerprint density at radius 3 is 2.40 bits per heavy atom. The third-order valence-corrected chi connectivity index (χ3v) is 6.64. The minimum atomic E-state index is -3.16. The smallest absolute Gasteiger partial charge is 0.212 e. The van der Waals surface area contributed by atoms with Crippen LogP contribution in [0.4, 0.5) is 0 Å². The monoisotopic (exact) mass is 293 g/mol. The molecular weight excluding hydrogens is 270 g/mol. The van der Waals surface area contributed by atoms with Gasteiger partial charge in [0.15, 0.2) is 0 Å². The lowest BCUT2D eigenvalue weighted by molar-refractivity contribution is 0.191. The molecule has 4 heteroatoms. The molecule has 1 saturated carbocycles. The van der Waals surface area contributed by atoms with Crippen LogP contribution in [0.25, 0.3) is 0 Å². The average molecular weight is 293 g/mol. The number of hydrogen-bond acceptors (Lipinski definition) is 2. The van der Waals surface area contributed by atoms with E-state index in [9.17, 15) is 8.42 Å². The van der Waals surface area contributed by atoms with Gasteiger partial charge in [-0.05, 0) is 44.1 Å². The summed E-state index contributed by atoms with van der Waals surface area (Å²) in [7, 11) is -3.16. The first-order valence-corrected chi connectivity index (χ1v) is 9.22. The molecule has 0 spiro atoms. The molecule has 1 saturated heterocycles. The Morgan fingerprint density at radius 1 is 1.10 bits per heavy atom. The van der Waals surface area contributed by atoms with Crippen LogP contribution in [0.2, 0.25) is 0 Å². The molecule has 20 heavy (non-hydrogen) atoms. The second-order valence-corrected chi connectivity index (χ2v) is 8.17. The van der Waals surface area contributed by atoms with Gasteiger partial charge in [0.2, 0.25) is 10.0 Å². The van der Waals surface area contributed by atoms with Crippen molar-refractivity contribution in [2.45, 2.75) is 50.8 Å². The highest BCUT2D eigenvalue weighted by atomic mass is 32.2. The van der Waals surface area contributed by atoms with Crippen molar-refractivity contribution < 1.29 is 8.42 Å². The fourth-order valence-corrected chi connectivity index (χ4v) is 5.26. The molecule has 1 atom stereocenters. The molecule has 0 N–H and O–H groups in total. The second-order valence-electron chi connectivity index (χ2n) is 6.25. The van der Waals surface area contributed by atoms with Crippen molar-refractivity contribution in [3.63, 3.8) is 0 Å². The Morgan fingerprint density at radius 2 is 1.80 bits per heavy atom. The summed E-state index contributed by atoms with van der Waals surface area (Å²) in [6.07, 6.45) is 5.77. The fourth-order valence-electron chi connectivity index (χ4n) is 3.38. The maximum Gasteiger partial charge on any atom is 0.218 e. The lowest BCUT2D eigenvalue weighted by Crippen LogP contribution is -2.42. The Kier molecular flexibility index (Phi) is 3.87. The van der Waals surface area contributed by atoms with E-state index in [1.54, 1.807) is 4.31 Å². The SMILES string of the molecule is Cc1ccc(CS(=O)(=O)N2CCCC2C2CCC2)cc1. The largest absolute Gasteiger partial charge is 0.218 e. The van der Waals surface area contributed by atoms with Crippen LogP contribution in [-0.2, 0) is 15.8 Å².